The number of amides is 1. The number of aromatic hydroxyl groups is 1. The number of hydrazone groups is 1. The average Bonchev–Trinajstić information content (AvgIpc) is 2.97. The second-order valence-corrected chi connectivity index (χ2v) is 8.91. The topological polar surface area (TPSA) is 115 Å². The molecule has 2 rings (SSSR count). The number of benzene rings is 1. The van der Waals surface area contributed by atoms with E-state index in [1.807, 2.05) is 20.8 Å². The number of rotatable bonds is 6. The first-order valence-corrected chi connectivity index (χ1v) is 10.0. The van der Waals surface area contributed by atoms with Crippen molar-refractivity contribution in [3.05, 3.63) is 26.6 Å². The number of carbonyl (C=O) groups excluding carboxylic acids is 1. The summed E-state index contributed by atoms with van der Waals surface area (Å²) in [5.74, 6) is 0.635. The number of phenols is 1. The lowest BCUT2D eigenvalue weighted by atomic mass is 10.1. The Morgan fingerprint density at radius 2 is 2.04 bits per heavy atom. The van der Waals surface area contributed by atoms with Gasteiger partial charge in [-0.25, -0.2) is 10.5 Å². The van der Waals surface area contributed by atoms with Crippen LogP contribution in [-0.2, 0) is 4.79 Å². The minimum absolute atomic E-state index is 0.0803. The fourth-order valence-corrected chi connectivity index (χ4v) is 3.59. The molecule has 0 radical (unpaired) electrons. The van der Waals surface area contributed by atoms with Gasteiger partial charge >= 0.3 is 0 Å². The SMILES string of the molecule is CC(C)(C)NC(=O)CSc1n[nH]c(N/N=C/c2cc(Br)c(O)c(Br)c2)n1. The highest BCUT2D eigenvalue weighted by Crippen LogP contribution is 2.32. The van der Waals surface area contributed by atoms with E-state index in [1.165, 1.54) is 11.8 Å². The number of phenolic OH excluding ortho intramolecular Hbond substituents is 1. The maximum atomic E-state index is 11.8. The number of thioether (sulfide) groups is 1. The molecule has 0 aliphatic carbocycles. The summed E-state index contributed by atoms with van der Waals surface area (Å²) < 4.78 is 1.11. The number of carbonyl (C=O) groups is 1. The van der Waals surface area contributed by atoms with Gasteiger partial charge in [0, 0.05) is 5.54 Å². The summed E-state index contributed by atoms with van der Waals surface area (Å²) in [4.78, 5) is 16.0. The molecule has 1 heterocycles. The quantitative estimate of drug-likeness (QED) is 0.271. The molecular weight excluding hydrogens is 488 g/mol. The van der Waals surface area contributed by atoms with Crippen molar-refractivity contribution in [2.45, 2.75) is 31.5 Å². The third kappa shape index (κ3) is 6.61. The molecule has 0 saturated carbocycles. The van der Waals surface area contributed by atoms with E-state index in [0.717, 1.165) is 5.56 Å². The largest absolute Gasteiger partial charge is 0.506 e. The number of hydrogen-bond acceptors (Lipinski definition) is 7. The third-order valence-corrected chi connectivity index (χ3v) is 4.79. The van der Waals surface area contributed by atoms with Crippen molar-refractivity contribution in [2.75, 3.05) is 11.2 Å². The summed E-state index contributed by atoms with van der Waals surface area (Å²) in [6, 6.07) is 3.45. The second kappa shape index (κ2) is 8.87. The van der Waals surface area contributed by atoms with Gasteiger partial charge in [-0.05, 0) is 70.3 Å². The number of halogens is 2. The fraction of sp³-hybridized carbons (Fsp3) is 0.333. The summed E-state index contributed by atoms with van der Waals surface area (Å²) in [5.41, 5.74) is 3.22. The van der Waals surface area contributed by atoms with Crippen LogP contribution in [0.1, 0.15) is 26.3 Å². The first-order chi connectivity index (χ1) is 12.1. The number of aromatic nitrogens is 3. The molecule has 2 aromatic rings. The Bertz CT molecular complexity index is 796. The lowest BCUT2D eigenvalue weighted by Gasteiger charge is -2.19. The molecule has 1 aromatic heterocycles. The summed E-state index contributed by atoms with van der Waals surface area (Å²) in [7, 11) is 0. The molecule has 0 spiro atoms. The highest BCUT2D eigenvalue weighted by Gasteiger charge is 2.14. The molecule has 0 aliphatic heterocycles. The monoisotopic (exact) mass is 504 g/mol. The van der Waals surface area contributed by atoms with Crippen LogP contribution in [0.2, 0.25) is 0 Å². The van der Waals surface area contributed by atoms with Crippen molar-refractivity contribution in [1.29, 1.82) is 0 Å². The van der Waals surface area contributed by atoms with Crippen LogP contribution in [0.25, 0.3) is 0 Å². The smallest absolute Gasteiger partial charge is 0.240 e. The minimum Gasteiger partial charge on any atom is -0.506 e. The average molecular weight is 506 g/mol. The summed E-state index contributed by atoms with van der Waals surface area (Å²) >= 11 is 7.74. The van der Waals surface area contributed by atoms with Crippen LogP contribution < -0.4 is 10.7 Å². The normalized spacial score (nSPS) is 11.7. The number of aromatic amines is 1. The summed E-state index contributed by atoms with van der Waals surface area (Å²) in [6.45, 7) is 5.77. The van der Waals surface area contributed by atoms with Crippen molar-refractivity contribution >= 4 is 61.7 Å². The zero-order chi connectivity index (χ0) is 19.3. The van der Waals surface area contributed by atoms with E-state index in [-0.39, 0.29) is 22.9 Å². The molecule has 0 unspecified atom stereocenters. The van der Waals surface area contributed by atoms with E-state index in [0.29, 0.717) is 20.1 Å². The standard InChI is InChI=1S/C15H18Br2N6O2S/c1-15(2,3)20-11(24)7-26-14-19-13(22-23-14)21-18-6-8-4-9(16)12(25)10(17)5-8/h4-6,25H,7H2,1-3H3,(H,20,24)(H2,19,21,22,23)/b18-6+. The van der Waals surface area contributed by atoms with E-state index in [4.69, 9.17) is 0 Å². The van der Waals surface area contributed by atoms with E-state index in [2.05, 4.69) is 62.9 Å². The molecular formula is C15H18Br2N6O2S. The number of nitrogens with zero attached hydrogens (tertiary/aromatic N) is 3. The molecule has 4 N–H and O–H groups in total. The maximum absolute atomic E-state index is 11.8. The Labute approximate surface area is 171 Å². The molecule has 11 heteroatoms. The van der Waals surface area contributed by atoms with Gasteiger partial charge in [-0.15, -0.1) is 5.10 Å². The van der Waals surface area contributed by atoms with Gasteiger partial charge < -0.3 is 10.4 Å². The van der Waals surface area contributed by atoms with Gasteiger partial charge in [0.05, 0.1) is 20.9 Å². The Hall–Kier alpha value is -1.59. The highest BCUT2D eigenvalue weighted by atomic mass is 79.9. The number of H-pyrrole nitrogens is 1. The zero-order valence-electron chi connectivity index (χ0n) is 14.3. The molecule has 1 amide bonds. The molecule has 0 bridgehead atoms. The van der Waals surface area contributed by atoms with Gasteiger partial charge in [-0.1, -0.05) is 11.8 Å². The Morgan fingerprint density at radius 1 is 1.38 bits per heavy atom. The molecule has 0 fully saturated rings. The third-order valence-electron chi connectivity index (χ3n) is 2.73. The number of hydrogen-bond donors (Lipinski definition) is 4. The number of nitrogens with one attached hydrogen (secondary N) is 3. The Morgan fingerprint density at radius 3 is 2.65 bits per heavy atom. The first kappa shape index (κ1) is 20.7. The van der Waals surface area contributed by atoms with E-state index in [9.17, 15) is 9.90 Å². The van der Waals surface area contributed by atoms with Gasteiger partial charge in [0.2, 0.25) is 17.0 Å². The van der Waals surface area contributed by atoms with E-state index >= 15 is 0 Å². The van der Waals surface area contributed by atoms with E-state index in [1.54, 1.807) is 18.3 Å². The predicted molar refractivity (Wildman–Crippen MR) is 110 cm³/mol. The maximum Gasteiger partial charge on any atom is 0.240 e. The van der Waals surface area contributed by atoms with Gasteiger partial charge in [-0.3, -0.25) is 4.79 Å². The van der Waals surface area contributed by atoms with Crippen LogP contribution in [0.4, 0.5) is 5.95 Å². The summed E-state index contributed by atoms with van der Waals surface area (Å²) in [5, 5.41) is 23.8. The van der Waals surface area contributed by atoms with Crippen molar-refractivity contribution in [1.82, 2.24) is 20.5 Å². The predicted octanol–water partition coefficient (Wildman–Crippen LogP) is 3.49. The van der Waals surface area contributed by atoms with Crippen LogP contribution in [0.5, 0.6) is 5.75 Å². The van der Waals surface area contributed by atoms with Crippen molar-refractivity contribution in [3.63, 3.8) is 0 Å². The molecule has 0 atom stereocenters. The van der Waals surface area contributed by atoms with Crippen LogP contribution >= 0.6 is 43.6 Å². The van der Waals surface area contributed by atoms with Crippen LogP contribution in [0, 0.1) is 0 Å². The molecule has 140 valence electrons. The molecule has 8 nitrogen and oxygen atoms in total. The zero-order valence-corrected chi connectivity index (χ0v) is 18.3. The van der Waals surface area contributed by atoms with Gasteiger partial charge in [-0.2, -0.15) is 10.1 Å². The fourth-order valence-electron chi connectivity index (χ4n) is 1.77. The van der Waals surface area contributed by atoms with E-state index < -0.39 is 0 Å². The second-order valence-electron chi connectivity index (χ2n) is 6.26. The van der Waals surface area contributed by atoms with Crippen molar-refractivity contribution in [3.8, 4) is 5.75 Å². The molecule has 0 saturated heterocycles. The minimum atomic E-state index is -0.268. The van der Waals surface area contributed by atoms with Gasteiger partial charge in [0.1, 0.15) is 5.75 Å². The molecule has 26 heavy (non-hydrogen) atoms. The van der Waals surface area contributed by atoms with Crippen LogP contribution in [-0.4, -0.2) is 43.7 Å². The van der Waals surface area contributed by atoms with Gasteiger partial charge in [0.25, 0.3) is 0 Å². The lowest BCUT2D eigenvalue weighted by Crippen LogP contribution is -2.41. The van der Waals surface area contributed by atoms with Crippen LogP contribution in [0.15, 0.2) is 31.3 Å². The van der Waals surface area contributed by atoms with Crippen LogP contribution in [0.3, 0.4) is 0 Å². The van der Waals surface area contributed by atoms with Crippen molar-refractivity contribution < 1.29 is 9.90 Å². The Balaban J connectivity index is 1.87. The van der Waals surface area contributed by atoms with Crippen molar-refractivity contribution in [2.24, 2.45) is 5.10 Å². The lowest BCUT2D eigenvalue weighted by molar-refractivity contribution is -0.119. The first-order valence-electron chi connectivity index (χ1n) is 7.47. The van der Waals surface area contributed by atoms with Gasteiger partial charge in [0.15, 0.2) is 0 Å². The molecule has 1 aromatic carbocycles. The highest BCUT2D eigenvalue weighted by molar-refractivity contribution is 9.11. The summed E-state index contributed by atoms with van der Waals surface area (Å²) in [6.07, 6.45) is 1.57. The number of anilines is 1. The molecule has 0 aliphatic rings. The Kier molecular flexibility index (Phi) is 7.07.